The second kappa shape index (κ2) is 15.0. The van der Waals surface area contributed by atoms with Gasteiger partial charge >= 0.3 is 0 Å². The van der Waals surface area contributed by atoms with Crippen molar-refractivity contribution in [2.45, 2.75) is 40.2 Å². The second-order valence-electron chi connectivity index (χ2n) is 4.67. The summed E-state index contributed by atoms with van der Waals surface area (Å²) in [5.41, 5.74) is 0.822. The maximum Gasteiger partial charge on any atom is 0.231 e. The first-order valence-corrected chi connectivity index (χ1v) is 5.99. The van der Waals surface area contributed by atoms with Crippen LogP contribution in [0.2, 0.25) is 0 Å². The molecular weight excluding hydrogens is 256 g/mol. The van der Waals surface area contributed by atoms with Crippen LogP contribution in [0.1, 0.15) is 33.3 Å². The van der Waals surface area contributed by atoms with Crippen LogP contribution in [0.5, 0.6) is 0 Å². The van der Waals surface area contributed by atoms with Crippen LogP contribution in [0.15, 0.2) is 30.3 Å². The highest BCUT2D eigenvalue weighted by Crippen LogP contribution is 2.12. The highest BCUT2D eigenvalue weighted by molar-refractivity contribution is 5.26. The lowest BCUT2D eigenvalue weighted by molar-refractivity contribution is 0.0327. The molecule has 0 bridgehead atoms. The number of aryl methyl sites for hydroxylation is 1. The van der Waals surface area contributed by atoms with Gasteiger partial charge in [0.05, 0.1) is 5.60 Å². The van der Waals surface area contributed by atoms with E-state index >= 15 is 0 Å². The third-order valence-corrected chi connectivity index (χ3v) is 2.35. The Labute approximate surface area is 120 Å². The molecule has 0 aliphatic carbocycles. The molecule has 0 fully saturated rings. The van der Waals surface area contributed by atoms with E-state index in [0.29, 0.717) is 5.92 Å². The molecule has 5 nitrogen and oxygen atoms in total. The summed E-state index contributed by atoms with van der Waals surface area (Å²) in [6, 6.07) is 10.3. The van der Waals surface area contributed by atoms with Crippen LogP contribution in [0.4, 0.5) is 0 Å². The molecule has 3 N–H and O–H groups in total. The Hall–Kier alpha value is -2.06. The van der Waals surface area contributed by atoms with Crippen LogP contribution in [0.25, 0.3) is 0 Å². The molecule has 0 heterocycles. The molecule has 0 aromatic heterocycles. The number of rotatable bonds is 1. The molecular formula is C15H24N2O3. The van der Waals surface area contributed by atoms with E-state index in [-0.39, 0.29) is 0 Å². The number of hydrogen-bond donors (Lipinski definition) is 3. The first-order valence-electron chi connectivity index (χ1n) is 5.99. The van der Waals surface area contributed by atoms with E-state index in [1.807, 2.05) is 45.9 Å². The number of carbonyl (C=O) groups excluding carboxylic acids is 2. The molecule has 5 heteroatoms. The molecule has 0 aliphatic heterocycles. The number of hydrogen-bond acceptors (Lipinski definition) is 5. The Morgan fingerprint density at radius 3 is 1.40 bits per heavy atom. The van der Waals surface area contributed by atoms with Gasteiger partial charge in [0, 0.05) is 0 Å². The van der Waals surface area contributed by atoms with Crippen molar-refractivity contribution in [1.82, 2.24) is 0 Å². The predicted molar refractivity (Wildman–Crippen MR) is 79.1 cm³/mol. The topological polar surface area (TPSA) is 102 Å². The summed E-state index contributed by atoms with van der Waals surface area (Å²) in [6.07, 6.45) is 1.50. The minimum atomic E-state index is -0.500. The molecule has 0 saturated heterocycles. The monoisotopic (exact) mass is 280 g/mol. The Balaban J connectivity index is -0.000000210. The second-order valence-corrected chi connectivity index (χ2v) is 4.67. The van der Waals surface area contributed by atoms with E-state index < -0.39 is 5.60 Å². The van der Waals surface area contributed by atoms with Gasteiger partial charge in [0.2, 0.25) is 12.2 Å². The minimum absolute atomic E-state index is 0.354. The van der Waals surface area contributed by atoms with Gasteiger partial charge in [-0.3, -0.25) is 0 Å². The molecule has 0 atom stereocenters. The van der Waals surface area contributed by atoms with Crippen LogP contribution in [0.3, 0.4) is 0 Å². The lowest BCUT2D eigenvalue weighted by Gasteiger charge is -2.21. The van der Waals surface area contributed by atoms with Gasteiger partial charge in [0.15, 0.2) is 0 Å². The first-order chi connectivity index (χ1) is 9.17. The highest BCUT2D eigenvalue weighted by Gasteiger charge is 2.16. The summed E-state index contributed by atoms with van der Waals surface area (Å²) in [5, 5.41) is 19.9. The third kappa shape index (κ3) is 25.0. The van der Waals surface area contributed by atoms with Gasteiger partial charge in [-0.1, -0.05) is 49.7 Å². The molecule has 1 aromatic carbocycles. The van der Waals surface area contributed by atoms with Gasteiger partial charge < -0.3 is 5.11 Å². The molecule has 0 spiro atoms. The highest BCUT2D eigenvalue weighted by atomic mass is 16.3. The standard InChI is InChI=1S/C7H8.C6H14O.2CHNO/c1-7-5-3-2-4-6-7;1-5(2)6(3,4)7;2*2-1-3/h2-6H,1H3;5,7H,1-4H3;2*2H. The fourth-order valence-electron chi connectivity index (χ4n) is 0.534. The molecule has 0 aliphatic rings. The molecule has 0 radical (unpaired) electrons. The van der Waals surface area contributed by atoms with Gasteiger partial charge in [-0.2, -0.15) is 0 Å². The van der Waals surface area contributed by atoms with Gasteiger partial charge in [-0.05, 0) is 26.7 Å². The van der Waals surface area contributed by atoms with Crippen molar-refractivity contribution in [2.24, 2.45) is 5.92 Å². The number of isocyanates is 2. The Kier molecular flexibility index (Phi) is 17.3. The summed E-state index contributed by atoms with van der Waals surface area (Å²) >= 11 is 0. The zero-order valence-electron chi connectivity index (χ0n) is 12.7. The SMILES string of the molecule is CC(C)C(C)(C)O.Cc1ccccc1.N=C=O.N=C=O. The van der Waals surface area contributed by atoms with Crippen molar-refractivity contribution in [3.05, 3.63) is 35.9 Å². The van der Waals surface area contributed by atoms with Crippen LogP contribution < -0.4 is 0 Å². The van der Waals surface area contributed by atoms with Crippen molar-refractivity contribution in [3.8, 4) is 0 Å². The lowest BCUT2D eigenvalue weighted by Crippen LogP contribution is -2.25. The molecule has 0 saturated carbocycles. The summed E-state index contributed by atoms with van der Waals surface area (Å²) < 4.78 is 0. The van der Waals surface area contributed by atoms with Gasteiger partial charge in [0.25, 0.3) is 0 Å². The summed E-state index contributed by atoms with van der Waals surface area (Å²) in [5.74, 6) is 0.354. The Bertz CT molecular complexity index is 371. The fourth-order valence-corrected chi connectivity index (χ4v) is 0.534. The Morgan fingerprint density at radius 1 is 1.05 bits per heavy atom. The molecule has 1 aromatic rings. The van der Waals surface area contributed by atoms with Crippen LogP contribution in [0, 0.1) is 23.7 Å². The number of aliphatic hydroxyl groups is 1. The van der Waals surface area contributed by atoms with Gasteiger partial charge in [-0.15, -0.1) is 0 Å². The van der Waals surface area contributed by atoms with Crippen LogP contribution in [-0.4, -0.2) is 22.9 Å². The largest absolute Gasteiger partial charge is 0.390 e. The van der Waals surface area contributed by atoms with Crippen LogP contribution >= 0.6 is 0 Å². The number of nitrogens with one attached hydrogen (secondary N) is 2. The van der Waals surface area contributed by atoms with E-state index in [1.54, 1.807) is 0 Å². The van der Waals surface area contributed by atoms with Crippen molar-refractivity contribution in [3.63, 3.8) is 0 Å². The molecule has 112 valence electrons. The smallest absolute Gasteiger partial charge is 0.231 e. The van der Waals surface area contributed by atoms with E-state index in [1.165, 1.54) is 5.56 Å². The third-order valence-electron chi connectivity index (χ3n) is 2.35. The van der Waals surface area contributed by atoms with Crippen molar-refractivity contribution < 1.29 is 14.7 Å². The molecule has 0 amide bonds. The molecule has 20 heavy (non-hydrogen) atoms. The number of benzene rings is 1. The quantitative estimate of drug-likeness (QED) is 0.543. The van der Waals surface area contributed by atoms with E-state index in [9.17, 15) is 0 Å². The Morgan fingerprint density at radius 2 is 1.30 bits per heavy atom. The summed E-state index contributed by atoms with van der Waals surface area (Å²) in [7, 11) is 0. The molecule has 1 rings (SSSR count). The summed E-state index contributed by atoms with van der Waals surface area (Å²) in [6.45, 7) is 9.72. The van der Waals surface area contributed by atoms with Gasteiger partial charge in [0.1, 0.15) is 0 Å². The van der Waals surface area contributed by atoms with Crippen molar-refractivity contribution in [1.29, 1.82) is 10.8 Å². The average molecular weight is 280 g/mol. The van der Waals surface area contributed by atoms with Crippen molar-refractivity contribution >= 4 is 12.2 Å². The van der Waals surface area contributed by atoms with E-state index in [0.717, 1.165) is 12.2 Å². The van der Waals surface area contributed by atoms with Crippen LogP contribution in [-0.2, 0) is 9.59 Å². The predicted octanol–water partition coefficient (Wildman–Crippen LogP) is 3.21. The van der Waals surface area contributed by atoms with Crippen molar-refractivity contribution in [2.75, 3.05) is 0 Å². The molecule has 0 unspecified atom stereocenters. The van der Waals surface area contributed by atoms with Gasteiger partial charge in [-0.25, -0.2) is 20.4 Å². The fraction of sp³-hybridized carbons (Fsp3) is 0.467. The lowest BCUT2D eigenvalue weighted by atomic mass is 9.95. The first kappa shape index (κ1) is 23.1. The minimum Gasteiger partial charge on any atom is -0.390 e. The zero-order valence-corrected chi connectivity index (χ0v) is 12.7. The van der Waals surface area contributed by atoms with E-state index in [4.69, 9.17) is 25.5 Å². The average Bonchev–Trinajstić information content (AvgIpc) is 2.31. The normalized spacial score (nSPS) is 8.35. The van der Waals surface area contributed by atoms with E-state index in [2.05, 4.69) is 19.1 Å². The zero-order chi connectivity index (χ0) is 16.6. The maximum absolute atomic E-state index is 9.09. The maximum atomic E-state index is 9.09. The summed E-state index contributed by atoms with van der Waals surface area (Å²) in [4.78, 5) is 16.7.